The highest BCUT2D eigenvalue weighted by atomic mass is 16.5. The first-order chi connectivity index (χ1) is 12.6. The van der Waals surface area contributed by atoms with Crippen LogP contribution in [0.1, 0.15) is 61.8 Å². The van der Waals surface area contributed by atoms with E-state index in [4.69, 9.17) is 10.6 Å². The van der Waals surface area contributed by atoms with Crippen molar-refractivity contribution in [3.8, 4) is 5.75 Å². The molecule has 2 aromatic carbocycles. The predicted octanol–water partition coefficient (Wildman–Crippen LogP) is 5.08. The van der Waals surface area contributed by atoms with Crippen LogP contribution in [-0.2, 0) is 6.42 Å². The zero-order chi connectivity index (χ0) is 18.5. The molecule has 0 amide bonds. The van der Waals surface area contributed by atoms with Crippen molar-refractivity contribution in [3.05, 3.63) is 65.2 Å². The lowest BCUT2D eigenvalue weighted by Gasteiger charge is -2.39. The van der Waals surface area contributed by atoms with E-state index in [1.807, 2.05) is 5.01 Å². The fraction of sp³-hybridized carbons (Fsp3) is 0.478. The van der Waals surface area contributed by atoms with Gasteiger partial charge in [-0.3, -0.25) is 5.84 Å². The van der Waals surface area contributed by atoms with E-state index in [1.165, 1.54) is 23.1 Å². The van der Waals surface area contributed by atoms with Gasteiger partial charge in [0.25, 0.3) is 0 Å². The van der Waals surface area contributed by atoms with Crippen LogP contribution in [0.2, 0.25) is 0 Å². The number of methoxy groups -OCH3 is 1. The van der Waals surface area contributed by atoms with Gasteiger partial charge in [0.1, 0.15) is 5.75 Å². The first-order valence-corrected chi connectivity index (χ1v) is 9.87. The third-order valence-electron chi connectivity index (χ3n) is 5.90. The average molecular weight is 353 g/mol. The quantitative estimate of drug-likeness (QED) is 0.737. The Morgan fingerprint density at radius 1 is 1.19 bits per heavy atom. The van der Waals surface area contributed by atoms with Gasteiger partial charge in [-0.2, -0.15) is 0 Å². The molecule has 1 aliphatic rings. The van der Waals surface area contributed by atoms with E-state index >= 15 is 0 Å². The number of nitrogens with zero attached hydrogens (tertiary/aromatic N) is 1. The summed E-state index contributed by atoms with van der Waals surface area (Å²) in [6.07, 6.45) is 4.50. The number of piperidine rings is 1. The molecule has 0 saturated carbocycles. The largest absolute Gasteiger partial charge is 0.496 e. The second-order valence-corrected chi connectivity index (χ2v) is 7.58. The SMILES string of the molecule is CCC(C)c1ccc(OC)c(C[C@@H]2CCCN(N)[C@@H]2c2ccccc2)c1. The summed E-state index contributed by atoms with van der Waals surface area (Å²) < 4.78 is 5.68. The Balaban J connectivity index is 1.90. The van der Waals surface area contributed by atoms with E-state index in [2.05, 4.69) is 62.4 Å². The van der Waals surface area contributed by atoms with Gasteiger partial charge >= 0.3 is 0 Å². The second-order valence-electron chi connectivity index (χ2n) is 7.58. The lowest BCUT2D eigenvalue weighted by molar-refractivity contribution is 0.0923. The summed E-state index contributed by atoms with van der Waals surface area (Å²) in [6.45, 7) is 5.49. The van der Waals surface area contributed by atoms with Gasteiger partial charge in [0.05, 0.1) is 13.2 Å². The van der Waals surface area contributed by atoms with E-state index in [1.54, 1.807) is 7.11 Å². The molecule has 26 heavy (non-hydrogen) atoms. The molecule has 2 N–H and O–H groups in total. The topological polar surface area (TPSA) is 38.5 Å². The number of ether oxygens (including phenoxy) is 1. The molecular formula is C23H32N2O. The molecule has 0 aliphatic carbocycles. The number of nitrogens with two attached hydrogens (primary N) is 1. The summed E-state index contributed by atoms with van der Waals surface area (Å²) >= 11 is 0. The van der Waals surface area contributed by atoms with Crippen LogP contribution in [0.25, 0.3) is 0 Å². The Hall–Kier alpha value is -1.84. The zero-order valence-electron chi connectivity index (χ0n) is 16.3. The summed E-state index contributed by atoms with van der Waals surface area (Å²) in [6, 6.07) is 17.7. The minimum Gasteiger partial charge on any atom is -0.496 e. The molecule has 0 bridgehead atoms. The Labute approximate surface area is 158 Å². The fourth-order valence-corrected chi connectivity index (χ4v) is 4.21. The normalized spacial score (nSPS) is 22.2. The molecular weight excluding hydrogens is 320 g/mol. The van der Waals surface area contributed by atoms with Crippen LogP contribution in [-0.4, -0.2) is 18.7 Å². The maximum Gasteiger partial charge on any atom is 0.122 e. The molecule has 3 rings (SSSR count). The van der Waals surface area contributed by atoms with Crippen molar-refractivity contribution in [1.82, 2.24) is 5.01 Å². The highest BCUT2D eigenvalue weighted by Gasteiger charge is 2.31. The summed E-state index contributed by atoms with van der Waals surface area (Å²) in [4.78, 5) is 0. The van der Waals surface area contributed by atoms with Crippen molar-refractivity contribution in [2.75, 3.05) is 13.7 Å². The summed E-state index contributed by atoms with van der Waals surface area (Å²) in [5.41, 5.74) is 4.03. The smallest absolute Gasteiger partial charge is 0.122 e. The van der Waals surface area contributed by atoms with Gasteiger partial charge in [-0.15, -0.1) is 0 Å². The van der Waals surface area contributed by atoms with E-state index < -0.39 is 0 Å². The van der Waals surface area contributed by atoms with Crippen LogP contribution in [0.3, 0.4) is 0 Å². The molecule has 2 aromatic rings. The zero-order valence-corrected chi connectivity index (χ0v) is 16.3. The third kappa shape index (κ3) is 4.11. The van der Waals surface area contributed by atoms with Crippen LogP contribution < -0.4 is 10.6 Å². The highest BCUT2D eigenvalue weighted by Crippen LogP contribution is 2.38. The van der Waals surface area contributed by atoms with Gasteiger partial charge in [-0.1, -0.05) is 56.3 Å². The summed E-state index contributed by atoms with van der Waals surface area (Å²) in [5, 5.41) is 2.04. The van der Waals surface area contributed by atoms with Gasteiger partial charge in [0.2, 0.25) is 0 Å². The van der Waals surface area contributed by atoms with Crippen molar-refractivity contribution in [2.24, 2.45) is 11.8 Å². The molecule has 0 aromatic heterocycles. The monoisotopic (exact) mass is 352 g/mol. The van der Waals surface area contributed by atoms with Crippen LogP contribution in [0.15, 0.2) is 48.5 Å². The maximum absolute atomic E-state index is 6.43. The van der Waals surface area contributed by atoms with Crippen molar-refractivity contribution in [3.63, 3.8) is 0 Å². The Kier molecular flexibility index (Phi) is 6.33. The van der Waals surface area contributed by atoms with Gasteiger partial charge in [-0.25, -0.2) is 5.01 Å². The van der Waals surface area contributed by atoms with Crippen molar-refractivity contribution < 1.29 is 4.74 Å². The Bertz CT molecular complexity index is 701. The van der Waals surface area contributed by atoms with Crippen LogP contribution in [0.4, 0.5) is 0 Å². The fourth-order valence-electron chi connectivity index (χ4n) is 4.21. The van der Waals surface area contributed by atoms with Crippen molar-refractivity contribution >= 4 is 0 Å². The minimum absolute atomic E-state index is 0.266. The summed E-state index contributed by atoms with van der Waals surface area (Å²) in [7, 11) is 1.77. The molecule has 1 fully saturated rings. The molecule has 0 radical (unpaired) electrons. The van der Waals surface area contributed by atoms with E-state index in [0.717, 1.165) is 31.6 Å². The number of hydrogen-bond acceptors (Lipinski definition) is 3. The van der Waals surface area contributed by atoms with Gasteiger partial charge in [0.15, 0.2) is 0 Å². The molecule has 1 heterocycles. The van der Waals surface area contributed by atoms with E-state index in [0.29, 0.717) is 11.8 Å². The first kappa shape index (κ1) is 18.9. The molecule has 0 spiro atoms. The second kappa shape index (κ2) is 8.70. The average Bonchev–Trinajstić information content (AvgIpc) is 2.68. The van der Waals surface area contributed by atoms with Crippen LogP contribution >= 0.6 is 0 Å². The predicted molar refractivity (Wildman–Crippen MR) is 108 cm³/mol. The number of hydrazine groups is 1. The highest BCUT2D eigenvalue weighted by molar-refractivity contribution is 5.39. The van der Waals surface area contributed by atoms with Gasteiger partial charge in [-0.05, 0) is 60.3 Å². The lowest BCUT2D eigenvalue weighted by atomic mass is 9.81. The minimum atomic E-state index is 0.266. The molecule has 1 aliphatic heterocycles. The van der Waals surface area contributed by atoms with Gasteiger partial charge < -0.3 is 4.74 Å². The van der Waals surface area contributed by atoms with E-state index in [9.17, 15) is 0 Å². The molecule has 3 heteroatoms. The molecule has 1 saturated heterocycles. The molecule has 1 unspecified atom stereocenters. The summed E-state index contributed by atoms with van der Waals surface area (Å²) in [5.74, 6) is 8.49. The van der Waals surface area contributed by atoms with Crippen molar-refractivity contribution in [2.45, 2.75) is 51.5 Å². The van der Waals surface area contributed by atoms with Crippen molar-refractivity contribution in [1.29, 1.82) is 0 Å². The Morgan fingerprint density at radius 3 is 2.65 bits per heavy atom. The number of hydrogen-bond donors (Lipinski definition) is 1. The molecule has 3 atom stereocenters. The first-order valence-electron chi connectivity index (χ1n) is 9.87. The van der Waals surface area contributed by atoms with E-state index in [-0.39, 0.29) is 6.04 Å². The standard InChI is InChI=1S/C23H32N2O/c1-4-17(2)19-12-13-22(26-3)21(15-19)16-20-11-8-14-25(24)23(20)18-9-6-5-7-10-18/h5-7,9-10,12-13,15,17,20,23H,4,8,11,14,16,24H2,1-3H3/t17?,20-,23+/m0/s1. The molecule has 140 valence electrons. The lowest BCUT2D eigenvalue weighted by Crippen LogP contribution is -2.44. The molecule has 3 nitrogen and oxygen atoms in total. The maximum atomic E-state index is 6.43. The van der Waals surface area contributed by atoms with Crippen LogP contribution in [0, 0.1) is 5.92 Å². The number of benzene rings is 2. The van der Waals surface area contributed by atoms with Gasteiger partial charge in [0, 0.05) is 6.54 Å². The third-order valence-corrected chi connectivity index (χ3v) is 5.90. The number of rotatable bonds is 6. The van der Waals surface area contributed by atoms with Crippen LogP contribution in [0.5, 0.6) is 5.75 Å². The Morgan fingerprint density at radius 2 is 1.96 bits per heavy atom.